The smallest absolute Gasteiger partial charge is 0.309 e. The predicted octanol–water partition coefficient (Wildman–Crippen LogP) is 11.1. The molecule has 0 radical (unpaired) electrons. The van der Waals surface area contributed by atoms with Gasteiger partial charge in [0.2, 0.25) is 0 Å². The van der Waals surface area contributed by atoms with Crippen molar-refractivity contribution in [2.75, 3.05) is 51.8 Å². The summed E-state index contributed by atoms with van der Waals surface area (Å²) in [5.41, 5.74) is 1.61. The molecule has 5 unspecified atom stereocenters. The van der Waals surface area contributed by atoms with Crippen molar-refractivity contribution in [2.24, 2.45) is 74.4 Å². The molecule has 1 saturated heterocycles. The van der Waals surface area contributed by atoms with Gasteiger partial charge in [-0.25, -0.2) is 0 Å². The third kappa shape index (κ3) is 8.62. The van der Waals surface area contributed by atoms with E-state index in [4.69, 9.17) is 13.7 Å². The highest BCUT2D eigenvalue weighted by molar-refractivity contribution is 8.29. The minimum Gasteiger partial charge on any atom is -0.462 e. The highest BCUT2D eigenvalue weighted by atomic mass is 32.3. The van der Waals surface area contributed by atoms with Gasteiger partial charge in [-0.3, -0.25) is 14.5 Å². The maximum Gasteiger partial charge on any atom is 0.309 e. The zero-order chi connectivity index (χ0) is 47.0. The van der Waals surface area contributed by atoms with Crippen LogP contribution in [0.3, 0.4) is 0 Å². The quantitative estimate of drug-likeness (QED) is 0.125. The summed E-state index contributed by atoms with van der Waals surface area (Å²) < 4.78 is 19.5. The largest absolute Gasteiger partial charge is 0.462 e. The number of ether oxygens (including phenoxy) is 2. The minimum absolute atomic E-state index is 0.0868. The molecule has 6 aliphatic carbocycles. The molecule has 6 saturated carbocycles. The Balaban J connectivity index is 0.865. The molecular weight excluding hydrogens is 827 g/mol. The van der Waals surface area contributed by atoms with Crippen LogP contribution in [-0.2, 0) is 29.9 Å². The number of nitrogens with zero attached hydrogens (tertiary/aromatic N) is 1. The molecule has 9 heteroatoms. The van der Waals surface area contributed by atoms with Crippen molar-refractivity contribution < 1.29 is 23.2 Å². The predicted molar refractivity (Wildman–Crippen MR) is 268 cm³/mol. The molecule has 7 fully saturated rings. The van der Waals surface area contributed by atoms with Crippen molar-refractivity contribution in [2.45, 2.75) is 176 Å². The maximum absolute atomic E-state index is 14.1. The van der Waals surface area contributed by atoms with Crippen LogP contribution < -0.4 is 10.6 Å². The van der Waals surface area contributed by atoms with E-state index in [0.29, 0.717) is 29.2 Å². The van der Waals surface area contributed by atoms with Crippen molar-refractivity contribution in [1.29, 1.82) is 0 Å². The Hall–Kier alpha value is -1.65. The monoisotopic (exact) mass is 920 g/mol. The number of nitrogens with one attached hydrogen (secondary N) is 2. The molecule has 1 aliphatic heterocycles. The van der Waals surface area contributed by atoms with Gasteiger partial charge >= 0.3 is 11.9 Å². The van der Waals surface area contributed by atoms with Crippen molar-refractivity contribution in [3.8, 4) is 0 Å². The van der Waals surface area contributed by atoms with Crippen LogP contribution >= 0.6 is 10.3 Å². The van der Waals surface area contributed by atoms with Gasteiger partial charge in [0.25, 0.3) is 0 Å². The van der Waals surface area contributed by atoms with Gasteiger partial charge in [0, 0.05) is 48.9 Å². The molecule has 1 spiro atoms. The number of benzene rings is 1. The van der Waals surface area contributed by atoms with Crippen LogP contribution in [0.25, 0.3) is 0 Å². The van der Waals surface area contributed by atoms with Gasteiger partial charge in [-0.2, -0.15) is 0 Å². The van der Waals surface area contributed by atoms with Gasteiger partial charge in [-0.1, -0.05) is 106 Å². The second kappa shape index (κ2) is 18.3. The molecule has 1 aromatic carbocycles. The first-order valence-corrected chi connectivity index (χ1v) is 28.9. The van der Waals surface area contributed by atoms with Gasteiger partial charge in [0.15, 0.2) is 0 Å². The molecular formula is C56H93N3O5S. The van der Waals surface area contributed by atoms with E-state index >= 15 is 0 Å². The van der Waals surface area contributed by atoms with Crippen LogP contribution in [-0.4, -0.2) is 91.6 Å². The Morgan fingerprint density at radius 3 is 2.23 bits per heavy atom. The highest BCUT2D eigenvalue weighted by Gasteiger charge is 2.85. The Bertz CT molecular complexity index is 1840. The first-order valence-electron chi connectivity index (χ1n) is 26.5. The molecule has 0 amide bonds. The molecule has 0 bridgehead atoms. The molecule has 368 valence electrons. The standard InChI is InChI=1S/C56H93N3O5S/c1-37(19-18-28-58-35-44(59-31-29-57-30-32-59)38(2)64-65(12,13)51(3,4)5)40-22-17-26-56-41(40)23-24-45-54(10)27-25-48(53(8,9)46(54)34-47(56)55(45,56)11)63-50(61)43-33-42(52(43,6)7)49(60)62-36-39-20-15-14-16-21-39/h14-16,20-21,37-38,40-48,57-58H,17-19,22-36H2,1-13H3/t37-,38-,40-,41?,42?,43?,44-,45-,46+,47?,48+,54?,55+,56-/m1/s1. The molecule has 8 nitrogen and oxygen atoms in total. The second-order valence-electron chi connectivity index (χ2n) is 25.8. The van der Waals surface area contributed by atoms with Crippen molar-refractivity contribution >= 4 is 22.2 Å². The molecule has 1 aromatic rings. The lowest BCUT2D eigenvalue weighted by Crippen LogP contribution is -2.59. The number of rotatable bonds is 16. The fourth-order valence-corrected chi connectivity index (χ4v) is 17.8. The first kappa shape index (κ1) is 49.8. The Kier molecular flexibility index (Phi) is 14.0. The summed E-state index contributed by atoms with van der Waals surface area (Å²) in [5, 5.41) is 7.52. The normalized spacial score (nSPS) is 39.0. The van der Waals surface area contributed by atoms with E-state index in [0.717, 1.165) is 87.3 Å². The van der Waals surface area contributed by atoms with E-state index in [1.165, 1.54) is 51.4 Å². The summed E-state index contributed by atoms with van der Waals surface area (Å²) in [6.07, 6.45) is 18.3. The number of piperazine rings is 1. The zero-order valence-corrected chi connectivity index (χ0v) is 44.2. The third-order valence-corrected chi connectivity index (χ3v) is 25.0. The number of hydrogen-bond acceptors (Lipinski definition) is 8. The third-order valence-electron chi connectivity index (χ3n) is 21.2. The van der Waals surface area contributed by atoms with Gasteiger partial charge in [-0.05, 0) is 153 Å². The van der Waals surface area contributed by atoms with Crippen LogP contribution in [0.1, 0.15) is 152 Å². The van der Waals surface area contributed by atoms with Gasteiger partial charge < -0.3 is 24.3 Å². The lowest BCUT2D eigenvalue weighted by Gasteiger charge is -2.62. The van der Waals surface area contributed by atoms with Gasteiger partial charge in [0.1, 0.15) is 12.7 Å². The molecule has 8 rings (SSSR count). The van der Waals surface area contributed by atoms with Crippen LogP contribution in [0.2, 0.25) is 0 Å². The summed E-state index contributed by atoms with van der Waals surface area (Å²) in [7, 11) is -1.20. The van der Waals surface area contributed by atoms with E-state index in [1.54, 1.807) is 0 Å². The zero-order valence-electron chi connectivity index (χ0n) is 43.4. The summed E-state index contributed by atoms with van der Waals surface area (Å²) in [5.74, 6) is 3.66. The lowest BCUT2D eigenvalue weighted by molar-refractivity contribution is -0.203. The average molecular weight is 920 g/mol. The summed E-state index contributed by atoms with van der Waals surface area (Å²) in [4.78, 5) is 30.0. The van der Waals surface area contributed by atoms with Gasteiger partial charge in [0.05, 0.1) is 17.9 Å². The SMILES string of the molecule is C[C@H](CCCNC[C@H]([C@@H](C)OS(C)(C)C(C)(C)C)N1CCNCC1)[C@H]1CCC[C@@]23C1CC[C@@H]1C4(C)CC[C@H](OC(=O)C5CC(C(=O)OCc6ccccc6)C5(C)C)C(C)(C)[C@@H]4CC2[C@]13C. The molecule has 2 N–H and O–H groups in total. The Morgan fingerprint density at radius 2 is 1.55 bits per heavy atom. The summed E-state index contributed by atoms with van der Waals surface area (Å²) in [6.45, 7) is 33.0. The van der Waals surface area contributed by atoms with Gasteiger partial charge in [-0.15, -0.1) is 10.3 Å². The average Bonchev–Trinajstić information content (AvgIpc) is 3.78. The van der Waals surface area contributed by atoms with Crippen molar-refractivity contribution in [3.63, 3.8) is 0 Å². The molecule has 7 aliphatic rings. The molecule has 14 atom stereocenters. The van der Waals surface area contributed by atoms with Crippen LogP contribution in [0.4, 0.5) is 0 Å². The second-order valence-corrected chi connectivity index (χ2v) is 29.7. The van der Waals surface area contributed by atoms with E-state index in [-0.39, 0.29) is 58.2 Å². The van der Waals surface area contributed by atoms with Crippen molar-refractivity contribution in [1.82, 2.24) is 15.5 Å². The number of fused-ring (bicyclic) bond motifs is 2. The fraction of sp³-hybridized carbons (Fsp3) is 0.857. The van der Waals surface area contributed by atoms with E-state index < -0.39 is 15.7 Å². The maximum atomic E-state index is 14.1. The number of carbonyl (C=O) groups is 2. The first-order chi connectivity index (χ1) is 30.5. The summed E-state index contributed by atoms with van der Waals surface area (Å²) in [6, 6.07) is 10.2. The number of carbonyl (C=O) groups excluding carboxylic acids is 2. The summed E-state index contributed by atoms with van der Waals surface area (Å²) >= 11 is 0. The highest BCUT2D eigenvalue weighted by Crippen LogP contribution is 2.90. The lowest BCUT2D eigenvalue weighted by atomic mass is 9.43. The van der Waals surface area contributed by atoms with E-state index in [2.05, 4.69) is 104 Å². The van der Waals surface area contributed by atoms with Crippen LogP contribution in [0.5, 0.6) is 0 Å². The molecule has 1 heterocycles. The fourth-order valence-electron chi connectivity index (χ4n) is 16.7. The van der Waals surface area contributed by atoms with Crippen molar-refractivity contribution in [3.05, 3.63) is 35.9 Å². The Morgan fingerprint density at radius 1 is 0.862 bits per heavy atom. The Labute approximate surface area is 397 Å². The van der Waals surface area contributed by atoms with E-state index in [9.17, 15) is 9.59 Å². The van der Waals surface area contributed by atoms with E-state index in [1.807, 2.05) is 30.3 Å². The van der Waals surface area contributed by atoms with Crippen LogP contribution in [0, 0.1) is 74.4 Å². The topological polar surface area (TPSA) is 89.1 Å². The molecule has 0 aromatic heterocycles. The minimum atomic E-state index is -1.20. The number of esters is 2. The number of hydrogen-bond donors (Lipinski definition) is 2. The van der Waals surface area contributed by atoms with Crippen LogP contribution in [0.15, 0.2) is 30.3 Å². The molecule has 65 heavy (non-hydrogen) atoms.